The molecule has 0 aromatic heterocycles. The highest BCUT2D eigenvalue weighted by molar-refractivity contribution is 5.66. The number of benzene rings is 2. The molecule has 0 heterocycles. The van der Waals surface area contributed by atoms with Gasteiger partial charge in [-0.15, -0.1) is 6.58 Å². The molecule has 0 spiro atoms. The van der Waals surface area contributed by atoms with Gasteiger partial charge < -0.3 is 4.74 Å². The number of esters is 1. The molecule has 0 aliphatic rings. The normalized spacial score (nSPS) is 7.74. The van der Waals surface area contributed by atoms with Crippen molar-refractivity contribution in [1.29, 1.82) is 0 Å². The van der Waals surface area contributed by atoms with Crippen LogP contribution in [0.4, 0.5) is 0 Å². The Kier molecular flexibility index (Phi) is 19.8. The maximum absolute atomic E-state index is 9.75. The molecule has 142 valence electrons. The van der Waals surface area contributed by atoms with E-state index in [-0.39, 0.29) is 5.97 Å². The molecule has 0 aliphatic heterocycles. The molecule has 0 saturated carbocycles. The largest absolute Gasteiger partial charge is 0.435 e. The zero-order chi connectivity index (χ0) is 20.8. The SMILES string of the molecule is C=CC=C.C=CCc1ccccc1.C=COC(C)=O.C=Cc1ccccc1. The van der Waals surface area contributed by atoms with Crippen LogP contribution in [0.1, 0.15) is 18.1 Å². The molecule has 0 amide bonds. The quantitative estimate of drug-likeness (QED) is 0.253. The number of carbonyl (C=O) groups is 1. The van der Waals surface area contributed by atoms with Crippen LogP contribution in [-0.2, 0) is 16.0 Å². The van der Waals surface area contributed by atoms with E-state index in [1.165, 1.54) is 18.1 Å². The van der Waals surface area contributed by atoms with Crippen LogP contribution in [-0.4, -0.2) is 5.97 Å². The molecule has 0 N–H and O–H groups in total. The van der Waals surface area contributed by atoms with E-state index in [9.17, 15) is 4.79 Å². The molecule has 0 unspecified atom stereocenters. The van der Waals surface area contributed by atoms with E-state index in [4.69, 9.17) is 0 Å². The van der Waals surface area contributed by atoms with Crippen molar-refractivity contribution in [3.8, 4) is 0 Å². The molecule has 2 nitrogen and oxygen atoms in total. The highest BCUT2D eigenvalue weighted by atomic mass is 16.5. The van der Waals surface area contributed by atoms with Crippen LogP contribution in [0.2, 0.25) is 0 Å². The van der Waals surface area contributed by atoms with Crippen molar-refractivity contribution < 1.29 is 9.53 Å². The van der Waals surface area contributed by atoms with E-state index < -0.39 is 0 Å². The summed E-state index contributed by atoms with van der Waals surface area (Å²) in [4.78, 5) is 9.75. The standard InChI is InChI=1S/C9H10.C8H8.C4H6O2.C4H6/c1-2-6-9-7-4-3-5-8-9;1-2-8-6-4-3-5-7-8;1-3-6-4(2)5;1-3-4-2/h2-5,7-8H,1,6H2;2-7H,1H2;3H,1H2,2H3;3-4H,1-2H2. The van der Waals surface area contributed by atoms with Crippen LogP contribution >= 0.6 is 0 Å². The van der Waals surface area contributed by atoms with Gasteiger partial charge in [0.15, 0.2) is 0 Å². The minimum absolute atomic E-state index is 0.329. The molecule has 0 fully saturated rings. The summed E-state index contributed by atoms with van der Waals surface area (Å²) in [6.45, 7) is 18.5. The highest BCUT2D eigenvalue weighted by Crippen LogP contribution is 1.98. The number of allylic oxidation sites excluding steroid dienone is 3. The molecule has 0 bridgehead atoms. The molecular weight excluding hydrogens is 332 g/mol. The first-order valence-electron chi connectivity index (χ1n) is 8.39. The molecule has 27 heavy (non-hydrogen) atoms. The van der Waals surface area contributed by atoms with E-state index in [0.717, 1.165) is 12.7 Å². The van der Waals surface area contributed by atoms with Crippen LogP contribution in [0.5, 0.6) is 0 Å². The summed E-state index contributed by atoms with van der Waals surface area (Å²) in [6.07, 6.45) is 9.10. The topological polar surface area (TPSA) is 26.3 Å². The summed E-state index contributed by atoms with van der Waals surface area (Å²) in [7, 11) is 0. The third-order valence-electron chi connectivity index (χ3n) is 2.67. The minimum atomic E-state index is -0.329. The maximum atomic E-state index is 9.75. The first-order valence-corrected chi connectivity index (χ1v) is 8.39. The van der Waals surface area contributed by atoms with E-state index in [2.05, 4.69) is 49.8 Å². The Morgan fingerprint density at radius 2 is 1.33 bits per heavy atom. The van der Waals surface area contributed by atoms with Crippen LogP contribution in [0.3, 0.4) is 0 Å². The predicted molar refractivity (Wildman–Crippen MR) is 119 cm³/mol. The van der Waals surface area contributed by atoms with Gasteiger partial charge in [-0.25, -0.2) is 0 Å². The Balaban J connectivity index is 0. The van der Waals surface area contributed by atoms with E-state index in [1.54, 1.807) is 12.2 Å². The molecule has 0 aliphatic carbocycles. The fourth-order valence-electron chi connectivity index (χ4n) is 1.49. The van der Waals surface area contributed by atoms with Crippen molar-refractivity contribution in [2.24, 2.45) is 0 Å². The second-order valence-corrected chi connectivity index (χ2v) is 4.84. The second kappa shape index (κ2) is 20.7. The van der Waals surface area contributed by atoms with Gasteiger partial charge in [0.25, 0.3) is 0 Å². The Morgan fingerprint density at radius 3 is 1.59 bits per heavy atom. The lowest BCUT2D eigenvalue weighted by Gasteiger charge is -1.91. The fourth-order valence-corrected chi connectivity index (χ4v) is 1.49. The Bertz CT molecular complexity index is 649. The molecule has 2 rings (SSSR count). The van der Waals surface area contributed by atoms with Crippen LogP contribution in [0.25, 0.3) is 6.08 Å². The van der Waals surface area contributed by atoms with E-state index >= 15 is 0 Å². The van der Waals surface area contributed by atoms with E-state index in [1.807, 2.05) is 60.7 Å². The lowest BCUT2D eigenvalue weighted by molar-refractivity contribution is -0.135. The van der Waals surface area contributed by atoms with Crippen molar-refractivity contribution in [3.63, 3.8) is 0 Å². The molecule has 2 aromatic carbocycles. The molecule has 0 saturated heterocycles. The molecule has 2 heteroatoms. The second-order valence-electron chi connectivity index (χ2n) is 4.84. The first kappa shape index (κ1) is 25.8. The summed E-state index contributed by atoms with van der Waals surface area (Å²) in [6, 6.07) is 20.3. The van der Waals surface area contributed by atoms with Gasteiger partial charge in [-0.1, -0.05) is 111 Å². The van der Waals surface area contributed by atoms with Crippen molar-refractivity contribution >= 4 is 12.0 Å². The van der Waals surface area contributed by atoms with Gasteiger partial charge in [0.1, 0.15) is 0 Å². The lowest BCUT2D eigenvalue weighted by Crippen LogP contribution is -1.87. The molecule has 2 aromatic rings. The van der Waals surface area contributed by atoms with Crippen molar-refractivity contribution in [3.05, 3.63) is 129 Å². The summed E-state index contributed by atoms with van der Waals surface area (Å²) >= 11 is 0. The third kappa shape index (κ3) is 20.6. The third-order valence-corrected chi connectivity index (χ3v) is 2.67. The number of hydrogen-bond donors (Lipinski definition) is 0. The monoisotopic (exact) mass is 362 g/mol. The zero-order valence-electron chi connectivity index (χ0n) is 16.2. The summed E-state index contributed by atoms with van der Waals surface area (Å²) in [5, 5.41) is 0. The van der Waals surface area contributed by atoms with Crippen molar-refractivity contribution in [2.75, 3.05) is 0 Å². The maximum Gasteiger partial charge on any atom is 0.307 e. The number of hydrogen-bond acceptors (Lipinski definition) is 2. The average molecular weight is 363 g/mol. The molecule has 0 radical (unpaired) electrons. The van der Waals surface area contributed by atoms with Crippen molar-refractivity contribution in [2.45, 2.75) is 13.3 Å². The number of ether oxygens (including phenoxy) is 1. The van der Waals surface area contributed by atoms with E-state index in [0.29, 0.717) is 0 Å². The fraction of sp³-hybridized carbons (Fsp3) is 0.0800. The van der Waals surface area contributed by atoms with Gasteiger partial charge in [0, 0.05) is 6.92 Å². The summed E-state index contributed by atoms with van der Waals surface area (Å²) in [5.41, 5.74) is 2.50. The van der Waals surface area contributed by atoms with Crippen LogP contribution in [0.15, 0.2) is 118 Å². The summed E-state index contributed by atoms with van der Waals surface area (Å²) in [5.74, 6) is -0.329. The van der Waals surface area contributed by atoms with Gasteiger partial charge in [-0.3, -0.25) is 4.79 Å². The van der Waals surface area contributed by atoms with Gasteiger partial charge in [-0.05, 0) is 17.5 Å². The smallest absolute Gasteiger partial charge is 0.307 e. The Morgan fingerprint density at radius 1 is 0.852 bits per heavy atom. The Hall–Kier alpha value is -3.39. The predicted octanol–water partition coefficient (Wildman–Crippen LogP) is 6.80. The van der Waals surface area contributed by atoms with Gasteiger partial charge >= 0.3 is 5.97 Å². The van der Waals surface area contributed by atoms with Gasteiger partial charge in [0.2, 0.25) is 0 Å². The van der Waals surface area contributed by atoms with Gasteiger partial charge in [0.05, 0.1) is 6.26 Å². The van der Waals surface area contributed by atoms with Crippen molar-refractivity contribution in [1.82, 2.24) is 0 Å². The summed E-state index contributed by atoms with van der Waals surface area (Å²) < 4.78 is 4.17. The van der Waals surface area contributed by atoms with Gasteiger partial charge in [-0.2, -0.15) is 0 Å². The van der Waals surface area contributed by atoms with Crippen LogP contribution < -0.4 is 0 Å². The number of rotatable bonds is 5. The molecular formula is C25H30O2. The number of carbonyl (C=O) groups excluding carboxylic acids is 1. The average Bonchev–Trinajstić information content (AvgIpc) is 2.71. The molecule has 0 atom stereocenters. The lowest BCUT2D eigenvalue weighted by atomic mass is 10.2. The van der Waals surface area contributed by atoms with Crippen LogP contribution in [0, 0.1) is 0 Å². The minimum Gasteiger partial charge on any atom is -0.435 e. The zero-order valence-corrected chi connectivity index (χ0v) is 16.2. The Labute approximate surface area is 164 Å². The first-order chi connectivity index (χ1) is 13.0. The highest BCUT2D eigenvalue weighted by Gasteiger charge is 1.82.